The topological polar surface area (TPSA) is 112 Å². The summed E-state index contributed by atoms with van der Waals surface area (Å²) in [6.07, 6.45) is 2.59. The van der Waals surface area contributed by atoms with Crippen molar-refractivity contribution < 1.29 is 39.1 Å². The number of methoxy groups -OCH3 is 1. The summed E-state index contributed by atoms with van der Waals surface area (Å²) in [6.45, 7) is 10.3. The van der Waals surface area contributed by atoms with Crippen LogP contribution in [0.2, 0.25) is 0 Å². The van der Waals surface area contributed by atoms with Crippen molar-refractivity contribution in [3.63, 3.8) is 0 Å². The molecule has 0 saturated carbocycles. The fraction of sp³-hybridized carbons (Fsp3) is 0.308. The second-order valence-electron chi connectivity index (χ2n) is 8.42. The number of carbonyl (C=O) groups excluding carboxylic acids is 2. The Hall–Kier alpha value is -3.46. The van der Waals surface area contributed by atoms with Crippen molar-refractivity contribution in [2.45, 2.75) is 41.5 Å². The van der Waals surface area contributed by atoms with Crippen LogP contribution in [0.3, 0.4) is 0 Å². The number of aromatic hydroxyl groups is 2. The number of rotatable bonds is 6. The van der Waals surface area contributed by atoms with Crippen molar-refractivity contribution in [1.29, 1.82) is 0 Å². The van der Waals surface area contributed by atoms with Crippen molar-refractivity contribution in [1.82, 2.24) is 0 Å². The number of ether oxygens (including phenoxy) is 2. The van der Waals surface area contributed by atoms with Gasteiger partial charge in [0.25, 0.3) is 0 Å². The van der Waals surface area contributed by atoms with E-state index in [9.17, 15) is 19.8 Å². The standard InChI is InChI=1S/C26H27BrO8/c1-11-8-17(28)10-19(32-7)20(11)26(31)33-24-15(5)16(6)25(23(30)21(24)27)35-34-18-9-12(2)22(29)14(4)13(18)3/h8-10,20,29-30H,1-7H3. The zero-order valence-corrected chi connectivity index (χ0v) is 22.1. The van der Waals surface area contributed by atoms with E-state index in [1.165, 1.54) is 19.3 Å². The van der Waals surface area contributed by atoms with Crippen molar-refractivity contribution in [2.24, 2.45) is 5.92 Å². The highest BCUT2D eigenvalue weighted by molar-refractivity contribution is 9.10. The maximum Gasteiger partial charge on any atom is 0.326 e. The molecule has 35 heavy (non-hydrogen) atoms. The Bertz CT molecular complexity index is 1260. The normalized spacial score (nSPS) is 15.3. The molecule has 0 saturated heterocycles. The van der Waals surface area contributed by atoms with Gasteiger partial charge in [0.2, 0.25) is 5.75 Å². The van der Waals surface area contributed by atoms with Crippen LogP contribution in [0.1, 0.15) is 34.7 Å². The molecule has 0 amide bonds. The predicted octanol–water partition coefficient (Wildman–Crippen LogP) is 5.36. The van der Waals surface area contributed by atoms with E-state index in [0.717, 1.165) is 0 Å². The first-order chi connectivity index (χ1) is 16.4. The Morgan fingerprint density at radius 1 is 0.886 bits per heavy atom. The van der Waals surface area contributed by atoms with Gasteiger partial charge in [0.15, 0.2) is 23.0 Å². The lowest BCUT2D eigenvalue weighted by Gasteiger charge is -2.23. The lowest BCUT2D eigenvalue weighted by Crippen LogP contribution is -2.27. The number of hydrogen-bond acceptors (Lipinski definition) is 8. The van der Waals surface area contributed by atoms with E-state index in [1.807, 2.05) is 0 Å². The maximum absolute atomic E-state index is 13.0. The molecule has 0 heterocycles. The van der Waals surface area contributed by atoms with Crippen molar-refractivity contribution in [3.8, 4) is 28.7 Å². The zero-order chi connectivity index (χ0) is 26.2. The molecule has 3 rings (SSSR count). The third-order valence-electron chi connectivity index (χ3n) is 6.16. The number of allylic oxidation sites excluding steroid dienone is 2. The van der Waals surface area contributed by atoms with Crippen LogP contribution < -0.4 is 14.5 Å². The highest BCUT2D eigenvalue weighted by Gasteiger charge is 2.33. The molecule has 0 radical (unpaired) electrons. The van der Waals surface area contributed by atoms with Gasteiger partial charge in [0.1, 0.15) is 21.9 Å². The molecule has 1 atom stereocenters. The maximum atomic E-state index is 13.0. The van der Waals surface area contributed by atoms with Crippen LogP contribution in [0.15, 0.2) is 34.0 Å². The summed E-state index contributed by atoms with van der Waals surface area (Å²) >= 11 is 3.29. The van der Waals surface area contributed by atoms with E-state index in [1.54, 1.807) is 47.6 Å². The lowest BCUT2D eigenvalue weighted by molar-refractivity contribution is -0.137. The largest absolute Gasteiger partial charge is 0.507 e. The Morgan fingerprint density at radius 3 is 2.14 bits per heavy atom. The first kappa shape index (κ1) is 26.2. The first-order valence-corrected chi connectivity index (χ1v) is 11.5. The average Bonchev–Trinajstić information content (AvgIpc) is 2.81. The van der Waals surface area contributed by atoms with Gasteiger partial charge in [-0.3, -0.25) is 19.4 Å². The van der Waals surface area contributed by atoms with Crippen LogP contribution in [0.4, 0.5) is 0 Å². The van der Waals surface area contributed by atoms with Gasteiger partial charge in [-0.15, -0.1) is 0 Å². The van der Waals surface area contributed by atoms with Crippen molar-refractivity contribution in [3.05, 3.63) is 61.8 Å². The van der Waals surface area contributed by atoms with Crippen LogP contribution >= 0.6 is 15.9 Å². The van der Waals surface area contributed by atoms with Crippen LogP contribution in [-0.4, -0.2) is 29.1 Å². The molecule has 1 aliphatic rings. The summed E-state index contributed by atoms with van der Waals surface area (Å²) in [5.41, 5.74) is 3.44. The Balaban J connectivity index is 1.91. The molecular formula is C26H27BrO8. The van der Waals surface area contributed by atoms with E-state index in [0.29, 0.717) is 39.1 Å². The van der Waals surface area contributed by atoms with Gasteiger partial charge >= 0.3 is 5.97 Å². The third-order valence-corrected chi connectivity index (χ3v) is 6.89. The molecule has 0 aliphatic heterocycles. The molecule has 0 aromatic heterocycles. The van der Waals surface area contributed by atoms with Crippen molar-refractivity contribution in [2.75, 3.05) is 7.11 Å². The molecule has 186 valence electrons. The molecular weight excluding hydrogens is 520 g/mol. The minimum Gasteiger partial charge on any atom is -0.507 e. The highest BCUT2D eigenvalue weighted by Crippen LogP contribution is 2.47. The van der Waals surface area contributed by atoms with Gasteiger partial charge in [-0.05, 0) is 86.3 Å². The third kappa shape index (κ3) is 4.86. The van der Waals surface area contributed by atoms with Gasteiger partial charge in [-0.2, -0.15) is 0 Å². The van der Waals surface area contributed by atoms with Crippen molar-refractivity contribution >= 4 is 27.7 Å². The van der Waals surface area contributed by atoms with E-state index >= 15 is 0 Å². The number of carbonyl (C=O) groups is 2. The van der Waals surface area contributed by atoms with Gasteiger partial charge in [0.05, 0.1) is 7.11 Å². The van der Waals surface area contributed by atoms with Gasteiger partial charge < -0.3 is 19.7 Å². The fourth-order valence-corrected chi connectivity index (χ4v) is 4.31. The van der Waals surface area contributed by atoms with Gasteiger partial charge in [-0.25, -0.2) is 0 Å². The molecule has 0 bridgehead atoms. The second-order valence-corrected chi connectivity index (χ2v) is 9.22. The van der Waals surface area contributed by atoms with Crippen LogP contribution in [0.5, 0.6) is 28.7 Å². The molecule has 0 fully saturated rings. The van der Waals surface area contributed by atoms with E-state index in [4.69, 9.17) is 19.2 Å². The van der Waals surface area contributed by atoms with Crippen LogP contribution in [0.25, 0.3) is 0 Å². The first-order valence-electron chi connectivity index (χ1n) is 10.7. The number of phenols is 2. The molecule has 0 spiro atoms. The minimum atomic E-state index is -0.894. The SMILES string of the molecule is COC1=CC(=O)C=C(C)C1C(=O)Oc1c(C)c(C)c(OOc2cc(C)c(O)c(C)c2C)c(O)c1Br. The molecule has 2 aromatic rings. The summed E-state index contributed by atoms with van der Waals surface area (Å²) < 4.78 is 11.0. The number of benzene rings is 2. The number of aryl methyl sites for hydroxylation is 1. The summed E-state index contributed by atoms with van der Waals surface area (Å²) in [4.78, 5) is 35.8. The summed E-state index contributed by atoms with van der Waals surface area (Å²) in [5, 5.41) is 20.9. The predicted molar refractivity (Wildman–Crippen MR) is 132 cm³/mol. The molecule has 2 aromatic carbocycles. The van der Waals surface area contributed by atoms with Crippen LogP contribution in [-0.2, 0) is 14.3 Å². The summed E-state index contributed by atoms with van der Waals surface area (Å²) in [5.74, 6) is -1.28. The summed E-state index contributed by atoms with van der Waals surface area (Å²) in [7, 11) is 1.38. The molecule has 1 aliphatic carbocycles. The van der Waals surface area contributed by atoms with E-state index in [-0.39, 0.29) is 39.0 Å². The highest BCUT2D eigenvalue weighted by atomic mass is 79.9. The second kappa shape index (κ2) is 10.0. The zero-order valence-electron chi connectivity index (χ0n) is 20.5. The molecule has 1 unspecified atom stereocenters. The number of ketones is 1. The van der Waals surface area contributed by atoms with E-state index in [2.05, 4.69) is 15.9 Å². The number of hydrogen-bond donors (Lipinski definition) is 2. The van der Waals surface area contributed by atoms with Crippen LogP contribution in [0, 0.1) is 40.5 Å². The Morgan fingerprint density at radius 2 is 1.51 bits per heavy atom. The number of esters is 1. The number of halogens is 1. The summed E-state index contributed by atoms with van der Waals surface area (Å²) in [6, 6.07) is 1.63. The average molecular weight is 547 g/mol. The van der Waals surface area contributed by atoms with Gasteiger partial charge in [-0.1, -0.05) is 0 Å². The Labute approximate surface area is 211 Å². The molecule has 8 nitrogen and oxygen atoms in total. The smallest absolute Gasteiger partial charge is 0.326 e. The molecule has 2 N–H and O–H groups in total. The minimum absolute atomic E-state index is 0.0359. The monoisotopic (exact) mass is 546 g/mol. The quantitative estimate of drug-likeness (QED) is 0.215. The molecule has 9 heteroatoms. The van der Waals surface area contributed by atoms with E-state index < -0.39 is 11.9 Å². The van der Waals surface area contributed by atoms with Gasteiger partial charge in [0, 0.05) is 22.8 Å². The lowest BCUT2D eigenvalue weighted by atomic mass is 9.92. The number of phenolic OH excluding ortho intramolecular Hbond substituents is 2. The Kier molecular flexibility index (Phi) is 7.50. The fourth-order valence-electron chi connectivity index (χ4n) is 3.75.